The van der Waals surface area contributed by atoms with Gasteiger partial charge in [0, 0.05) is 19.1 Å². The Kier molecular flexibility index (Phi) is 5.40. The van der Waals surface area contributed by atoms with Crippen molar-refractivity contribution in [2.45, 2.75) is 68.7 Å². The highest BCUT2D eigenvalue weighted by Crippen LogP contribution is 2.58. The van der Waals surface area contributed by atoms with Crippen LogP contribution >= 0.6 is 0 Å². The second kappa shape index (κ2) is 7.99. The lowest BCUT2D eigenvalue weighted by Crippen LogP contribution is -2.58. The number of aliphatic hydroxyl groups is 1. The van der Waals surface area contributed by atoms with Gasteiger partial charge in [0.1, 0.15) is 29.8 Å². The summed E-state index contributed by atoms with van der Waals surface area (Å²) in [7, 11) is 0. The van der Waals surface area contributed by atoms with E-state index in [4.69, 9.17) is 9.47 Å². The smallest absolute Gasteiger partial charge is 0.313 e. The fourth-order valence-corrected chi connectivity index (χ4v) is 6.68. The number of esters is 1. The predicted octanol–water partition coefficient (Wildman–Crippen LogP) is 1.18. The Bertz CT molecular complexity index is 865. The summed E-state index contributed by atoms with van der Waals surface area (Å²) < 4.78 is 12.1. The van der Waals surface area contributed by atoms with E-state index in [0.717, 1.165) is 25.7 Å². The van der Waals surface area contributed by atoms with Crippen LogP contribution in [0, 0.1) is 11.8 Å². The predicted molar refractivity (Wildman–Crippen MR) is 114 cm³/mol. The molecule has 1 unspecified atom stereocenters. The molecule has 5 aliphatic rings. The monoisotopic (exact) mass is 444 g/mol. The molecule has 1 N–H and O–H groups in total. The SMILES string of the molecule is CC[C@@]12C=CCOC(=O)[C@@H]1[C@H]1C(=O)N(CCO)C3C(=O)N(C4CCCCC4)CC=C[C@@]31O2. The van der Waals surface area contributed by atoms with Gasteiger partial charge in [-0.25, -0.2) is 0 Å². The van der Waals surface area contributed by atoms with E-state index in [-0.39, 0.29) is 37.6 Å². The molecule has 0 aromatic carbocycles. The van der Waals surface area contributed by atoms with Gasteiger partial charge in [0.2, 0.25) is 11.8 Å². The number of ether oxygens (including phenoxy) is 2. The number of carbonyl (C=O) groups excluding carboxylic acids is 3. The van der Waals surface area contributed by atoms with Gasteiger partial charge >= 0.3 is 5.97 Å². The largest absolute Gasteiger partial charge is 0.461 e. The molecule has 4 heterocycles. The van der Waals surface area contributed by atoms with Crippen LogP contribution in [0.4, 0.5) is 0 Å². The molecule has 0 bridgehead atoms. The maximum atomic E-state index is 14.0. The molecule has 8 heteroatoms. The fourth-order valence-electron chi connectivity index (χ4n) is 6.68. The minimum Gasteiger partial charge on any atom is -0.461 e. The number of likely N-dealkylation sites (tertiary alicyclic amines) is 1. The average molecular weight is 445 g/mol. The highest BCUT2D eigenvalue weighted by atomic mass is 16.6. The quantitative estimate of drug-likeness (QED) is 0.517. The zero-order valence-corrected chi connectivity index (χ0v) is 18.6. The first-order chi connectivity index (χ1) is 15.5. The van der Waals surface area contributed by atoms with E-state index in [0.29, 0.717) is 13.0 Å². The molecule has 3 fully saturated rings. The van der Waals surface area contributed by atoms with Crippen molar-refractivity contribution in [3.63, 3.8) is 0 Å². The Morgan fingerprint density at radius 3 is 2.56 bits per heavy atom. The van der Waals surface area contributed by atoms with Gasteiger partial charge in [0.25, 0.3) is 0 Å². The molecule has 2 saturated heterocycles. The first-order valence-corrected chi connectivity index (χ1v) is 11.9. The van der Waals surface area contributed by atoms with Crippen molar-refractivity contribution in [3.8, 4) is 0 Å². The van der Waals surface area contributed by atoms with Gasteiger partial charge in [0.15, 0.2) is 0 Å². The topological polar surface area (TPSA) is 96.4 Å². The van der Waals surface area contributed by atoms with Gasteiger partial charge < -0.3 is 24.4 Å². The van der Waals surface area contributed by atoms with Crippen LogP contribution in [0.15, 0.2) is 24.3 Å². The van der Waals surface area contributed by atoms with Gasteiger partial charge in [-0.2, -0.15) is 0 Å². The lowest BCUT2D eigenvalue weighted by Gasteiger charge is -2.40. The molecular formula is C24H32N2O6. The summed E-state index contributed by atoms with van der Waals surface area (Å²) in [6.45, 7) is 2.29. The van der Waals surface area contributed by atoms with Crippen LogP contribution in [0.5, 0.6) is 0 Å². The van der Waals surface area contributed by atoms with Crippen molar-refractivity contribution in [3.05, 3.63) is 24.3 Å². The third kappa shape index (κ3) is 2.91. The number of hydrogen-bond acceptors (Lipinski definition) is 6. The fraction of sp³-hybridized carbons (Fsp3) is 0.708. The molecule has 174 valence electrons. The van der Waals surface area contributed by atoms with Gasteiger partial charge in [-0.1, -0.05) is 44.4 Å². The Morgan fingerprint density at radius 1 is 1.06 bits per heavy atom. The van der Waals surface area contributed by atoms with Gasteiger partial charge in [0.05, 0.1) is 12.5 Å². The molecular weight excluding hydrogens is 412 g/mol. The maximum Gasteiger partial charge on any atom is 0.313 e. The number of hydrogen-bond donors (Lipinski definition) is 1. The molecule has 8 nitrogen and oxygen atoms in total. The second-order valence-corrected chi connectivity index (χ2v) is 9.59. The number of β-amino-alcohol motifs (C(OH)–C–C–N with tert-alkyl or cyclic N) is 1. The molecule has 0 aromatic rings. The molecule has 0 aromatic heterocycles. The number of fused-ring (bicyclic) bond motifs is 2. The minimum absolute atomic E-state index is 0.0277. The number of amides is 2. The standard InChI is InChI=1S/C24H32N2O6/c1-2-23-10-7-15-31-22(30)18(23)17-20(28)26(13-14-27)19-21(29)25(16-8-4-3-5-9-16)12-6-11-24(17,19)32-23/h6-7,10-11,16-19,27H,2-5,8-9,12-15H2,1H3/t17-,18-,19?,23+,24-/m0/s1. The van der Waals surface area contributed by atoms with Crippen LogP contribution in [0.2, 0.25) is 0 Å². The van der Waals surface area contributed by atoms with E-state index in [2.05, 4.69) is 0 Å². The maximum absolute atomic E-state index is 14.0. The molecule has 5 rings (SSSR count). The Morgan fingerprint density at radius 2 is 1.84 bits per heavy atom. The van der Waals surface area contributed by atoms with Gasteiger partial charge in [-0.3, -0.25) is 14.4 Å². The van der Waals surface area contributed by atoms with E-state index in [1.165, 1.54) is 11.3 Å². The first kappa shape index (κ1) is 21.6. The van der Waals surface area contributed by atoms with Crippen LogP contribution in [0.3, 0.4) is 0 Å². The lowest BCUT2D eigenvalue weighted by atomic mass is 9.73. The molecule has 32 heavy (non-hydrogen) atoms. The van der Waals surface area contributed by atoms with Crippen molar-refractivity contribution >= 4 is 17.8 Å². The summed E-state index contributed by atoms with van der Waals surface area (Å²) in [5.41, 5.74) is -2.25. The molecule has 1 saturated carbocycles. The number of aliphatic hydroxyl groups excluding tert-OH is 1. The van der Waals surface area contributed by atoms with E-state index >= 15 is 0 Å². The summed E-state index contributed by atoms with van der Waals surface area (Å²) in [4.78, 5) is 44.2. The third-order valence-electron chi connectivity index (χ3n) is 8.08. The van der Waals surface area contributed by atoms with Crippen molar-refractivity contribution in [2.24, 2.45) is 11.8 Å². The number of rotatable bonds is 4. The molecule has 5 atom stereocenters. The van der Waals surface area contributed by atoms with E-state index in [9.17, 15) is 19.5 Å². The number of nitrogens with zero attached hydrogens (tertiary/aromatic N) is 2. The second-order valence-electron chi connectivity index (χ2n) is 9.59. The number of carbonyl (C=O) groups is 3. The third-order valence-corrected chi connectivity index (χ3v) is 8.08. The lowest BCUT2D eigenvalue weighted by molar-refractivity contribution is -0.160. The number of cyclic esters (lactones) is 1. The van der Waals surface area contributed by atoms with Crippen molar-refractivity contribution in [1.82, 2.24) is 9.80 Å². The highest BCUT2D eigenvalue weighted by molar-refractivity contribution is 5.99. The normalized spacial score (nSPS) is 39.4. The van der Waals surface area contributed by atoms with Crippen molar-refractivity contribution < 1.29 is 29.0 Å². The van der Waals surface area contributed by atoms with Crippen molar-refractivity contribution in [2.75, 3.05) is 26.3 Å². The minimum atomic E-state index is -1.26. The zero-order chi connectivity index (χ0) is 22.5. The van der Waals surface area contributed by atoms with Crippen LogP contribution in [0.25, 0.3) is 0 Å². The Balaban J connectivity index is 1.62. The van der Waals surface area contributed by atoms with Crippen LogP contribution in [0.1, 0.15) is 45.4 Å². The van der Waals surface area contributed by atoms with Gasteiger partial charge in [-0.15, -0.1) is 0 Å². The molecule has 0 radical (unpaired) electrons. The van der Waals surface area contributed by atoms with Crippen LogP contribution in [-0.2, 0) is 23.9 Å². The van der Waals surface area contributed by atoms with Crippen LogP contribution < -0.4 is 0 Å². The Hall–Kier alpha value is -2.19. The highest BCUT2D eigenvalue weighted by Gasteiger charge is 2.75. The summed E-state index contributed by atoms with van der Waals surface area (Å²) in [5, 5.41) is 9.71. The zero-order valence-electron chi connectivity index (χ0n) is 18.6. The summed E-state index contributed by atoms with van der Waals surface area (Å²) >= 11 is 0. The summed E-state index contributed by atoms with van der Waals surface area (Å²) in [6.07, 6.45) is 13.1. The first-order valence-electron chi connectivity index (χ1n) is 11.9. The molecule has 1 spiro atoms. The summed E-state index contributed by atoms with van der Waals surface area (Å²) in [6, 6.07) is -0.762. The van der Waals surface area contributed by atoms with E-state index < -0.39 is 35.0 Å². The average Bonchev–Trinajstić information content (AvgIpc) is 3.06. The molecule has 2 amide bonds. The van der Waals surface area contributed by atoms with Crippen molar-refractivity contribution in [1.29, 1.82) is 0 Å². The van der Waals surface area contributed by atoms with Gasteiger partial charge in [-0.05, 0) is 25.3 Å². The summed E-state index contributed by atoms with van der Waals surface area (Å²) in [5.74, 6) is -2.62. The Labute approximate surface area is 188 Å². The molecule has 4 aliphatic heterocycles. The van der Waals surface area contributed by atoms with Crippen LogP contribution in [-0.4, -0.2) is 82.3 Å². The van der Waals surface area contributed by atoms with E-state index in [1.807, 2.05) is 30.1 Å². The van der Waals surface area contributed by atoms with E-state index in [1.54, 1.807) is 6.08 Å². The molecule has 1 aliphatic carbocycles.